The first-order chi connectivity index (χ1) is 12.9. The number of thiazole rings is 1. The van der Waals surface area contributed by atoms with Gasteiger partial charge < -0.3 is 5.32 Å². The highest BCUT2D eigenvalue weighted by Gasteiger charge is 2.29. The molecule has 0 saturated heterocycles. The summed E-state index contributed by atoms with van der Waals surface area (Å²) in [5.74, 6) is 0.603. The number of aryl methyl sites for hydroxylation is 1. The number of carbonyl (C=O) groups excluding carboxylic acids is 1. The van der Waals surface area contributed by atoms with Crippen LogP contribution >= 0.6 is 11.3 Å². The van der Waals surface area contributed by atoms with Crippen molar-refractivity contribution in [1.82, 2.24) is 10.3 Å². The number of hydrogen-bond acceptors (Lipinski definition) is 3. The summed E-state index contributed by atoms with van der Waals surface area (Å²) >= 11 is 1.40. The third-order valence-corrected chi connectivity index (χ3v) is 4.52. The molecule has 7 heteroatoms. The Bertz CT molecular complexity index is 688. The Labute approximate surface area is 170 Å². The van der Waals surface area contributed by atoms with E-state index in [2.05, 4.69) is 30.7 Å². The maximum Gasteiger partial charge on any atom is 0.415 e. The normalized spacial score (nSPS) is 13.3. The number of alkyl halides is 3. The number of amides is 1. The Kier molecular flexibility index (Phi) is 11.7. The molecule has 0 saturated carbocycles. The molecule has 1 atom stereocenters. The van der Waals surface area contributed by atoms with Crippen LogP contribution in [0.15, 0.2) is 41.5 Å². The molecule has 0 radical (unpaired) electrons. The van der Waals surface area contributed by atoms with Crippen LogP contribution in [-0.2, 0) is 0 Å². The van der Waals surface area contributed by atoms with E-state index >= 15 is 0 Å². The maximum absolute atomic E-state index is 11.9. The molecule has 1 N–H and O–H groups in total. The second kappa shape index (κ2) is 12.5. The van der Waals surface area contributed by atoms with Gasteiger partial charge in [-0.15, -0.1) is 11.3 Å². The lowest BCUT2D eigenvalue weighted by Crippen LogP contribution is -2.33. The summed E-state index contributed by atoms with van der Waals surface area (Å²) in [7, 11) is 0. The summed E-state index contributed by atoms with van der Waals surface area (Å²) in [6, 6.07) is 0.221. The van der Waals surface area contributed by atoms with Gasteiger partial charge in [0.15, 0.2) is 0 Å². The van der Waals surface area contributed by atoms with E-state index in [1.54, 1.807) is 12.4 Å². The molecule has 0 aliphatic rings. The Morgan fingerprint density at radius 2 is 1.93 bits per heavy atom. The van der Waals surface area contributed by atoms with Crippen LogP contribution in [0.25, 0.3) is 0 Å². The molecule has 1 aromatic rings. The molecule has 0 aliphatic heterocycles. The third-order valence-electron chi connectivity index (χ3n) is 3.59. The standard InChI is InChI=1S/C11H18N2OS.C10H13F3/c1-7(2)5-8(3)13-11(14)10-9(4)12-6-15-10;1-4-5-8(2)6-7-9(3)10(11,12)13/h6-8H,5H2,1-4H3,(H,13,14);5-7H,3-4H2,1-2H3/b;7-6-,8-5-. The lowest BCUT2D eigenvalue weighted by atomic mass is 10.1. The molecule has 1 amide bonds. The van der Waals surface area contributed by atoms with Crippen LogP contribution in [-0.4, -0.2) is 23.1 Å². The molecule has 1 unspecified atom stereocenters. The molecule has 158 valence electrons. The van der Waals surface area contributed by atoms with E-state index in [0.29, 0.717) is 5.92 Å². The summed E-state index contributed by atoms with van der Waals surface area (Å²) in [5, 5.41) is 2.99. The Morgan fingerprint density at radius 3 is 2.36 bits per heavy atom. The fourth-order valence-electron chi connectivity index (χ4n) is 2.29. The molecule has 1 rings (SSSR count). The molecule has 0 spiro atoms. The Morgan fingerprint density at radius 1 is 1.32 bits per heavy atom. The highest BCUT2D eigenvalue weighted by molar-refractivity contribution is 7.11. The van der Waals surface area contributed by atoms with Gasteiger partial charge in [0.1, 0.15) is 4.88 Å². The zero-order valence-electron chi connectivity index (χ0n) is 17.5. The van der Waals surface area contributed by atoms with Gasteiger partial charge in [0.25, 0.3) is 5.91 Å². The number of aromatic nitrogens is 1. The second-order valence-electron chi connectivity index (χ2n) is 6.98. The highest BCUT2D eigenvalue weighted by Crippen LogP contribution is 2.25. The van der Waals surface area contributed by atoms with Crippen molar-refractivity contribution in [2.24, 2.45) is 5.92 Å². The molecular weight excluding hydrogens is 385 g/mol. The summed E-state index contributed by atoms with van der Waals surface area (Å²) < 4.78 is 35.7. The average Bonchev–Trinajstić information content (AvgIpc) is 2.98. The fourth-order valence-corrected chi connectivity index (χ4v) is 3.00. The SMILES string of the molecule is C=C(/C=C\C(C)=C/CC)C(F)(F)F.Cc1ncsc1C(=O)NC(C)CC(C)C. The van der Waals surface area contributed by atoms with Crippen LogP contribution < -0.4 is 5.32 Å². The number of rotatable bonds is 7. The van der Waals surface area contributed by atoms with Crippen molar-refractivity contribution in [1.29, 1.82) is 0 Å². The predicted octanol–water partition coefficient (Wildman–Crippen LogP) is 6.63. The van der Waals surface area contributed by atoms with Crippen molar-refractivity contribution in [3.8, 4) is 0 Å². The van der Waals surface area contributed by atoms with Gasteiger partial charge >= 0.3 is 6.18 Å². The Balaban J connectivity index is 0.000000528. The molecule has 1 heterocycles. The van der Waals surface area contributed by atoms with E-state index in [0.717, 1.165) is 35.1 Å². The van der Waals surface area contributed by atoms with Crippen LogP contribution in [0.2, 0.25) is 0 Å². The topological polar surface area (TPSA) is 42.0 Å². The lowest BCUT2D eigenvalue weighted by Gasteiger charge is -2.15. The number of hydrogen-bond donors (Lipinski definition) is 1. The fraction of sp³-hybridized carbons (Fsp3) is 0.524. The van der Waals surface area contributed by atoms with Crippen LogP contribution in [0.3, 0.4) is 0 Å². The van der Waals surface area contributed by atoms with Gasteiger partial charge in [-0.2, -0.15) is 13.2 Å². The van der Waals surface area contributed by atoms with Crippen LogP contribution in [0.1, 0.15) is 62.8 Å². The first-order valence-electron chi connectivity index (χ1n) is 9.20. The van der Waals surface area contributed by atoms with Gasteiger partial charge in [-0.25, -0.2) is 4.98 Å². The monoisotopic (exact) mass is 416 g/mol. The van der Waals surface area contributed by atoms with Gasteiger partial charge in [-0.05, 0) is 39.5 Å². The molecular formula is C21H31F3N2OS. The first-order valence-corrected chi connectivity index (χ1v) is 10.1. The summed E-state index contributed by atoms with van der Waals surface area (Å²) in [6.07, 6.45) is 1.75. The van der Waals surface area contributed by atoms with Crippen molar-refractivity contribution in [3.05, 3.63) is 52.0 Å². The van der Waals surface area contributed by atoms with Gasteiger partial charge in [0.2, 0.25) is 0 Å². The average molecular weight is 417 g/mol. The zero-order chi connectivity index (χ0) is 21.9. The van der Waals surface area contributed by atoms with E-state index in [1.807, 2.05) is 26.8 Å². The van der Waals surface area contributed by atoms with E-state index in [4.69, 9.17) is 0 Å². The van der Waals surface area contributed by atoms with Gasteiger partial charge in [0, 0.05) is 11.6 Å². The van der Waals surface area contributed by atoms with Crippen molar-refractivity contribution < 1.29 is 18.0 Å². The Hall–Kier alpha value is -1.89. The lowest BCUT2D eigenvalue weighted by molar-refractivity contribution is -0.0878. The van der Waals surface area contributed by atoms with Crippen LogP contribution in [0, 0.1) is 12.8 Å². The molecule has 0 aromatic carbocycles. The van der Waals surface area contributed by atoms with E-state index in [-0.39, 0.29) is 11.9 Å². The molecule has 1 aromatic heterocycles. The van der Waals surface area contributed by atoms with Gasteiger partial charge in [-0.3, -0.25) is 4.79 Å². The number of carbonyl (C=O) groups is 1. The maximum atomic E-state index is 11.9. The second-order valence-corrected chi connectivity index (χ2v) is 7.84. The van der Waals surface area contributed by atoms with E-state index in [1.165, 1.54) is 17.4 Å². The van der Waals surface area contributed by atoms with Crippen molar-refractivity contribution in [3.63, 3.8) is 0 Å². The minimum absolute atomic E-state index is 0.00292. The van der Waals surface area contributed by atoms with E-state index < -0.39 is 11.7 Å². The smallest absolute Gasteiger partial charge is 0.349 e. The molecule has 0 aliphatic carbocycles. The van der Waals surface area contributed by atoms with Crippen LogP contribution in [0.4, 0.5) is 13.2 Å². The molecule has 0 bridgehead atoms. The third kappa shape index (κ3) is 11.1. The molecule has 28 heavy (non-hydrogen) atoms. The first kappa shape index (κ1) is 26.1. The minimum Gasteiger partial charge on any atom is -0.349 e. The summed E-state index contributed by atoms with van der Waals surface area (Å²) in [4.78, 5) is 16.6. The quantitative estimate of drug-likeness (QED) is 0.507. The molecule has 0 fully saturated rings. The number of nitrogens with zero attached hydrogens (tertiary/aromatic N) is 1. The minimum atomic E-state index is -4.32. The predicted molar refractivity (Wildman–Crippen MR) is 112 cm³/mol. The van der Waals surface area contributed by atoms with Gasteiger partial charge in [0.05, 0.1) is 11.2 Å². The number of halogens is 3. The highest BCUT2D eigenvalue weighted by atomic mass is 32.1. The summed E-state index contributed by atoms with van der Waals surface area (Å²) in [5.41, 5.74) is 2.51. The van der Waals surface area contributed by atoms with Crippen molar-refractivity contribution in [2.45, 2.75) is 66.6 Å². The number of nitrogens with one attached hydrogen (secondary N) is 1. The largest absolute Gasteiger partial charge is 0.415 e. The van der Waals surface area contributed by atoms with E-state index in [9.17, 15) is 18.0 Å². The van der Waals surface area contributed by atoms with Crippen molar-refractivity contribution in [2.75, 3.05) is 0 Å². The summed E-state index contributed by atoms with van der Waals surface area (Å²) in [6.45, 7) is 14.8. The van der Waals surface area contributed by atoms with Crippen molar-refractivity contribution >= 4 is 17.2 Å². The number of allylic oxidation sites excluding steroid dienone is 5. The molecule has 3 nitrogen and oxygen atoms in total. The van der Waals surface area contributed by atoms with Crippen LogP contribution in [0.5, 0.6) is 0 Å². The zero-order valence-corrected chi connectivity index (χ0v) is 18.3. The van der Waals surface area contributed by atoms with Gasteiger partial charge in [-0.1, -0.05) is 51.2 Å².